The third-order valence-corrected chi connectivity index (χ3v) is 4.11. The Kier molecular flexibility index (Phi) is 5.23. The van der Waals surface area contributed by atoms with Gasteiger partial charge in [0.15, 0.2) is 0 Å². The van der Waals surface area contributed by atoms with Crippen LogP contribution in [0.2, 0.25) is 0 Å². The van der Waals surface area contributed by atoms with Gasteiger partial charge in [0.25, 0.3) is 5.56 Å². The minimum Gasteiger partial charge on any atom is -0.462 e. The third kappa shape index (κ3) is 3.94. The van der Waals surface area contributed by atoms with Crippen LogP contribution < -0.4 is 5.56 Å². The van der Waals surface area contributed by atoms with E-state index in [2.05, 4.69) is 11.9 Å². The summed E-state index contributed by atoms with van der Waals surface area (Å²) in [6.45, 7) is 2.78. The molecule has 5 heteroatoms. The third-order valence-electron chi connectivity index (χ3n) is 4.11. The maximum atomic E-state index is 12.4. The molecule has 0 fully saturated rings. The molecule has 0 aliphatic rings. The number of para-hydroxylation sites is 1. The van der Waals surface area contributed by atoms with E-state index in [1.54, 1.807) is 22.8 Å². The lowest BCUT2D eigenvalue weighted by Crippen LogP contribution is -2.21. The largest absolute Gasteiger partial charge is 0.462 e. The monoisotopic (exact) mass is 336 g/mol. The van der Waals surface area contributed by atoms with Gasteiger partial charge in [-0.25, -0.2) is 9.78 Å². The van der Waals surface area contributed by atoms with Gasteiger partial charge in [0.2, 0.25) is 0 Å². The highest BCUT2D eigenvalue weighted by molar-refractivity contribution is 5.89. The molecule has 0 aliphatic carbocycles. The van der Waals surface area contributed by atoms with Gasteiger partial charge in [-0.15, -0.1) is 0 Å². The highest BCUT2D eigenvalue weighted by atomic mass is 16.5. The van der Waals surface area contributed by atoms with Crippen LogP contribution in [-0.2, 0) is 17.7 Å². The highest BCUT2D eigenvalue weighted by Gasteiger charge is 2.07. The SMILES string of the molecule is CCc1ccc(C(=O)OCCCn2cnc3ccccc3c2=O)cc1. The van der Waals surface area contributed by atoms with Gasteiger partial charge >= 0.3 is 5.97 Å². The second kappa shape index (κ2) is 7.75. The van der Waals surface area contributed by atoms with Crippen molar-refractivity contribution in [1.82, 2.24) is 9.55 Å². The second-order valence-corrected chi connectivity index (χ2v) is 5.80. The number of esters is 1. The van der Waals surface area contributed by atoms with E-state index in [-0.39, 0.29) is 18.1 Å². The highest BCUT2D eigenvalue weighted by Crippen LogP contribution is 2.07. The van der Waals surface area contributed by atoms with Crippen molar-refractivity contribution in [2.24, 2.45) is 0 Å². The van der Waals surface area contributed by atoms with E-state index in [4.69, 9.17) is 4.74 Å². The van der Waals surface area contributed by atoms with Crippen molar-refractivity contribution in [3.8, 4) is 0 Å². The molecule has 0 saturated heterocycles. The molecule has 25 heavy (non-hydrogen) atoms. The quantitative estimate of drug-likeness (QED) is 0.512. The molecule has 0 aliphatic heterocycles. The number of aromatic nitrogens is 2. The zero-order valence-electron chi connectivity index (χ0n) is 14.1. The summed E-state index contributed by atoms with van der Waals surface area (Å²) in [6.07, 6.45) is 3.03. The van der Waals surface area contributed by atoms with Gasteiger partial charge in [0.1, 0.15) is 0 Å². The van der Waals surface area contributed by atoms with Crippen LogP contribution in [0.15, 0.2) is 59.7 Å². The molecule has 0 radical (unpaired) electrons. The number of nitrogens with zero attached hydrogens (tertiary/aromatic N) is 2. The normalized spacial score (nSPS) is 10.8. The van der Waals surface area contributed by atoms with Crippen LogP contribution in [0.25, 0.3) is 10.9 Å². The Labute approximate surface area is 145 Å². The van der Waals surface area contributed by atoms with Gasteiger partial charge in [-0.3, -0.25) is 9.36 Å². The first-order valence-electron chi connectivity index (χ1n) is 8.39. The molecule has 0 spiro atoms. The van der Waals surface area contributed by atoms with Gasteiger partial charge < -0.3 is 4.74 Å². The van der Waals surface area contributed by atoms with E-state index >= 15 is 0 Å². The molecule has 0 N–H and O–H groups in total. The van der Waals surface area contributed by atoms with Gasteiger partial charge in [0, 0.05) is 6.54 Å². The van der Waals surface area contributed by atoms with E-state index in [1.807, 2.05) is 30.3 Å². The first-order valence-corrected chi connectivity index (χ1v) is 8.39. The second-order valence-electron chi connectivity index (χ2n) is 5.80. The van der Waals surface area contributed by atoms with Crippen molar-refractivity contribution >= 4 is 16.9 Å². The Balaban J connectivity index is 1.55. The lowest BCUT2D eigenvalue weighted by Gasteiger charge is -2.08. The topological polar surface area (TPSA) is 61.2 Å². The molecule has 1 aromatic heterocycles. The van der Waals surface area contributed by atoms with Crippen LogP contribution in [0.5, 0.6) is 0 Å². The fourth-order valence-electron chi connectivity index (χ4n) is 2.63. The molecule has 0 saturated carbocycles. The maximum absolute atomic E-state index is 12.4. The predicted octanol–water partition coefficient (Wildman–Crippen LogP) is 3.21. The molecule has 1 heterocycles. The zero-order chi connectivity index (χ0) is 17.6. The lowest BCUT2D eigenvalue weighted by atomic mass is 10.1. The zero-order valence-corrected chi connectivity index (χ0v) is 14.1. The van der Waals surface area contributed by atoms with Crippen LogP contribution >= 0.6 is 0 Å². The molecule has 0 unspecified atom stereocenters. The van der Waals surface area contributed by atoms with Crippen molar-refractivity contribution in [2.45, 2.75) is 26.3 Å². The first kappa shape index (κ1) is 16.9. The fraction of sp³-hybridized carbons (Fsp3) is 0.250. The number of hydrogen-bond acceptors (Lipinski definition) is 4. The summed E-state index contributed by atoms with van der Waals surface area (Å²) in [6, 6.07) is 14.7. The predicted molar refractivity (Wildman–Crippen MR) is 96.7 cm³/mol. The molecule has 0 amide bonds. The number of benzene rings is 2. The average Bonchev–Trinajstić information content (AvgIpc) is 2.67. The van der Waals surface area contributed by atoms with Gasteiger partial charge in [-0.05, 0) is 42.7 Å². The number of aryl methyl sites for hydroxylation is 2. The summed E-state index contributed by atoms with van der Waals surface area (Å²) < 4.78 is 6.82. The number of carbonyl (C=O) groups is 1. The summed E-state index contributed by atoms with van der Waals surface area (Å²) >= 11 is 0. The Morgan fingerprint density at radius 2 is 1.88 bits per heavy atom. The van der Waals surface area contributed by atoms with Gasteiger partial charge in [-0.1, -0.05) is 31.2 Å². The van der Waals surface area contributed by atoms with Crippen molar-refractivity contribution in [3.63, 3.8) is 0 Å². The Bertz CT molecular complexity index is 930. The van der Waals surface area contributed by atoms with Gasteiger partial charge in [-0.2, -0.15) is 0 Å². The van der Waals surface area contributed by atoms with Crippen LogP contribution in [0.1, 0.15) is 29.3 Å². The average molecular weight is 336 g/mol. The van der Waals surface area contributed by atoms with Crippen LogP contribution in [-0.4, -0.2) is 22.1 Å². The number of fused-ring (bicyclic) bond motifs is 1. The van der Waals surface area contributed by atoms with Crippen LogP contribution in [0, 0.1) is 0 Å². The van der Waals surface area contributed by atoms with Gasteiger partial charge in [0.05, 0.1) is 29.4 Å². The lowest BCUT2D eigenvalue weighted by molar-refractivity contribution is 0.0495. The Hall–Kier alpha value is -2.95. The maximum Gasteiger partial charge on any atom is 0.338 e. The molecule has 3 rings (SSSR count). The van der Waals surface area contributed by atoms with Crippen molar-refractivity contribution in [2.75, 3.05) is 6.61 Å². The summed E-state index contributed by atoms with van der Waals surface area (Å²) in [7, 11) is 0. The minimum absolute atomic E-state index is 0.0768. The van der Waals surface area contributed by atoms with E-state index in [0.717, 1.165) is 6.42 Å². The summed E-state index contributed by atoms with van der Waals surface area (Å²) in [5, 5.41) is 0.595. The molecular formula is C20H20N2O3. The Morgan fingerprint density at radius 1 is 1.12 bits per heavy atom. The molecule has 5 nitrogen and oxygen atoms in total. The van der Waals surface area contributed by atoms with Crippen molar-refractivity contribution in [1.29, 1.82) is 0 Å². The summed E-state index contributed by atoms with van der Waals surface area (Å²) in [5.41, 5.74) is 2.33. The molecular weight excluding hydrogens is 316 g/mol. The molecule has 128 valence electrons. The standard InChI is InChI=1S/C20H20N2O3/c1-2-15-8-10-16(11-9-15)20(24)25-13-5-12-22-14-21-18-7-4-3-6-17(18)19(22)23/h3-4,6-11,14H,2,5,12-13H2,1H3. The molecule has 0 bridgehead atoms. The smallest absolute Gasteiger partial charge is 0.338 e. The number of carbonyl (C=O) groups excluding carboxylic acids is 1. The van der Waals surface area contributed by atoms with Crippen LogP contribution in [0.4, 0.5) is 0 Å². The van der Waals surface area contributed by atoms with E-state index in [9.17, 15) is 9.59 Å². The van der Waals surface area contributed by atoms with E-state index in [1.165, 1.54) is 11.9 Å². The summed E-state index contributed by atoms with van der Waals surface area (Å²) in [5.74, 6) is -0.341. The number of hydrogen-bond donors (Lipinski definition) is 0. The Morgan fingerprint density at radius 3 is 2.64 bits per heavy atom. The number of ether oxygens (including phenoxy) is 1. The fourth-order valence-corrected chi connectivity index (χ4v) is 2.63. The number of rotatable bonds is 6. The van der Waals surface area contributed by atoms with E-state index in [0.29, 0.717) is 29.4 Å². The van der Waals surface area contributed by atoms with E-state index < -0.39 is 0 Å². The minimum atomic E-state index is -0.341. The molecule has 2 aromatic carbocycles. The summed E-state index contributed by atoms with van der Waals surface area (Å²) in [4.78, 5) is 28.6. The van der Waals surface area contributed by atoms with Crippen molar-refractivity contribution in [3.05, 3.63) is 76.3 Å². The van der Waals surface area contributed by atoms with Crippen LogP contribution in [0.3, 0.4) is 0 Å². The molecule has 0 atom stereocenters. The first-order chi connectivity index (χ1) is 12.2. The molecule has 3 aromatic rings. The van der Waals surface area contributed by atoms with Crippen molar-refractivity contribution < 1.29 is 9.53 Å².